The van der Waals surface area contributed by atoms with Crippen LogP contribution < -0.4 is 10.6 Å². The Morgan fingerprint density at radius 3 is 2.23 bits per heavy atom. The molecule has 0 saturated carbocycles. The van der Waals surface area contributed by atoms with Gasteiger partial charge in [-0.2, -0.15) is 5.10 Å². The molecule has 2 aromatic heterocycles. The number of nitrogens with zero attached hydrogens (tertiary/aromatic N) is 3. The lowest BCUT2D eigenvalue weighted by Crippen LogP contribution is -2.13. The minimum atomic E-state index is -2.80. The highest BCUT2D eigenvalue weighted by Gasteiger charge is 2.21. The van der Waals surface area contributed by atoms with Gasteiger partial charge in [0.2, 0.25) is 5.91 Å². The van der Waals surface area contributed by atoms with Crippen LogP contribution in [0, 0.1) is 0 Å². The number of amides is 2. The number of aromatic nitrogens is 3. The van der Waals surface area contributed by atoms with Gasteiger partial charge in [0.15, 0.2) is 5.65 Å². The van der Waals surface area contributed by atoms with E-state index in [0.717, 1.165) is 4.52 Å². The molecule has 156 valence electrons. The van der Waals surface area contributed by atoms with Crippen molar-refractivity contribution in [3.63, 3.8) is 0 Å². The second-order valence-electron chi connectivity index (χ2n) is 6.74. The summed E-state index contributed by atoms with van der Waals surface area (Å²) < 4.78 is 28.3. The summed E-state index contributed by atoms with van der Waals surface area (Å²) >= 11 is 0. The van der Waals surface area contributed by atoms with Crippen LogP contribution in [-0.2, 0) is 4.79 Å². The second kappa shape index (κ2) is 8.31. The second-order valence-corrected chi connectivity index (χ2v) is 6.74. The Hall–Kier alpha value is -4.14. The molecule has 0 bridgehead atoms. The number of rotatable bonds is 5. The van der Waals surface area contributed by atoms with E-state index in [2.05, 4.69) is 20.7 Å². The Balaban J connectivity index is 1.69. The Kier molecular flexibility index (Phi) is 5.40. The first-order valence-corrected chi connectivity index (χ1v) is 9.33. The zero-order chi connectivity index (χ0) is 22.0. The average Bonchev–Trinajstić information content (AvgIpc) is 3.18. The van der Waals surface area contributed by atoms with E-state index in [9.17, 15) is 18.4 Å². The van der Waals surface area contributed by atoms with Crippen molar-refractivity contribution in [3.05, 3.63) is 78.1 Å². The third-order valence-corrected chi connectivity index (χ3v) is 4.50. The van der Waals surface area contributed by atoms with Gasteiger partial charge in [-0.25, -0.2) is 18.3 Å². The normalized spacial score (nSPS) is 11.0. The van der Waals surface area contributed by atoms with Gasteiger partial charge >= 0.3 is 0 Å². The molecule has 0 unspecified atom stereocenters. The zero-order valence-electron chi connectivity index (χ0n) is 16.3. The van der Waals surface area contributed by atoms with E-state index in [-0.39, 0.29) is 22.8 Å². The summed E-state index contributed by atoms with van der Waals surface area (Å²) in [6.07, 6.45) is -1.59. The molecule has 4 rings (SSSR count). The van der Waals surface area contributed by atoms with E-state index >= 15 is 0 Å². The predicted molar refractivity (Wildman–Crippen MR) is 112 cm³/mol. The molecule has 0 radical (unpaired) electrons. The van der Waals surface area contributed by atoms with Crippen molar-refractivity contribution in [3.8, 4) is 11.3 Å². The van der Waals surface area contributed by atoms with E-state index in [4.69, 9.17) is 0 Å². The van der Waals surface area contributed by atoms with Crippen LogP contribution in [0.4, 0.5) is 20.2 Å². The smallest absolute Gasteiger partial charge is 0.280 e. The van der Waals surface area contributed by atoms with E-state index in [1.165, 1.54) is 19.2 Å². The molecule has 0 saturated heterocycles. The van der Waals surface area contributed by atoms with Gasteiger partial charge in [0.1, 0.15) is 11.3 Å². The minimum Gasteiger partial charge on any atom is -0.326 e. The molecule has 7 nitrogen and oxygen atoms in total. The Labute approximate surface area is 175 Å². The van der Waals surface area contributed by atoms with Crippen LogP contribution in [-0.4, -0.2) is 26.4 Å². The molecule has 2 N–H and O–H groups in total. The molecule has 0 spiro atoms. The fraction of sp³-hybridized carbons (Fsp3) is 0.0909. The molecule has 9 heteroatoms. The number of carbonyl (C=O) groups excluding carboxylic acids is 2. The van der Waals surface area contributed by atoms with Gasteiger partial charge in [-0.3, -0.25) is 9.59 Å². The molecule has 2 aromatic carbocycles. The van der Waals surface area contributed by atoms with Crippen LogP contribution in [0.3, 0.4) is 0 Å². The van der Waals surface area contributed by atoms with Gasteiger partial charge in [-0.05, 0) is 30.3 Å². The first-order valence-electron chi connectivity index (χ1n) is 9.33. The Morgan fingerprint density at radius 1 is 0.968 bits per heavy atom. The highest BCUT2D eigenvalue weighted by Crippen LogP contribution is 2.27. The molecule has 0 aliphatic carbocycles. The van der Waals surface area contributed by atoms with E-state index in [1.54, 1.807) is 48.5 Å². The van der Waals surface area contributed by atoms with Crippen molar-refractivity contribution in [2.24, 2.45) is 0 Å². The molecule has 2 heterocycles. The number of benzene rings is 2. The molecule has 0 fully saturated rings. The summed E-state index contributed by atoms with van der Waals surface area (Å²) in [6.45, 7) is 1.39. The summed E-state index contributed by atoms with van der Waals surface area (Å²) in [5, 5.41) is 9.27. The number of fused-ring (bicyclic) bond motifs is 1. The molecular weight excluding hydrogens is 404 g/mol. The maximum atomic E-state index is 13.7. The first kappa shape index (κ1) is 20.1. The van der Waals surface area contributed by atoms with Gasteiger partial charge < -0.3 is 10.6 Å². The standard InChI is InChI=1S/C22H17F2N5O2/c1-13(30)26-15-7-9-16(10-8-15)27-22(31)17-12-25-29-19(20(23)24)11-18(28-21(17)29)14-5-3-2-4-6-14/h2-12,20H,1H3,(H,26,30)(H,27,31). The molecule has 0 aliphatic heterocycles. The lowest BCUT2D eigenvalue weighted by Gasteiger charge is -2.09. The van der Waals surface area contributed by atoms with Crippen molar-refractivity contribution in [1.82, 2.24) is 14.6 Å². The van der Waals surface area contributed by atoms with E-state index in [1.807, 2.05) is 6.07 Å². The number of nitrogens with one attached hydrogen (secondary N) is 2. The molecular formula is C22H17F2N5O2. The van der Waals surface area contributed by atoms with Crippen molar-refractivity contribution in [2.75, 3.05) is 10.6 Å². The average molecular weight is 421 g/mol. The Morgan fingerprint density at radius 2 is 1.61 bits per heavy atom. The van der Waals surface area contributed by atoms with Gasteiger partial charge in [-0.1, -0.05) is 30.3 Å². The van der Waals surface area contributed by atoms with Gasteiger partial charge in [0, 0.05) is 23.9 Å². The molecule has 4 aromatic rings. The summed E-state index contributed by atoms with van der Waals surface area (Å²) in [5.74, 6) is -0.751. The van der Waals surface area contributed by atoms with Crippen molar-refractivity contribution in [2.45, 2.75) is 13.3 Å². The number of carbonyl (C=O) groups is 2. The fourth-order valence-corrected chi connectivity index (χ4v) is 3.10. The minimum absolute atomic E-state index is 0.0315. The number of anilines is 2. The van der Waals surface area contributed by atoms with E-state index < -0.39 is 12.3 Å². The molecule has 31 heavy (non-hydrogen) atoms. The maximum absolute atomic E-state index is 13.7. The topological polar surface area (TPSA) is 88.4 Å². The van der Waals surface area contributed by atoms with Crippen LogP contribution in [0.15, 0.2) is 66.9 Å². The monoisotopic (exact) mass is 421 g/mol. The highest BCUT2D eigenvalue weighted by molar-refractivity contribution is 6.08. The largest absolute Gasteiger partial charge is 0.326 e. The fourth-order valence-electron chi connectivity index (χ4n) is 3.10. The third kappa shape index (κ3) is 4.25. The number of hydrogen-bond acceptors (Lipinski definition) is 4. The first-order chi connectivity index (χ1) is 14.9. The number of alkyl halides is 2. The van der Waals surface area contributed by atoms with Crippen molar-refractivity contribution >= 4 is 28.8 Å². The van der Waals surface area contributed by atoms with Gasteiger partial charge in [0.05, 0.1) is 11.9 Å². The van der Waals surface area contributed by atoms with Crippen LogP contribution in [0.25, 0.3) is 16.9 Å². The summed E-state index contributed by atoms with van der Waals surface area (Å²) in [6, 6.07) is 16.6. The molecule has 0 atom stereocenters. The summed E-state index contributed by atoms with van der Waals surface area (Å²) in [7, 11) is 0. The number of hydrogen-bond donors (Lipinski definition) is 2. The van der Waals surface area contributed by atoms with Crippen molar-refractivity contribution < 1.29 is 18.4 Å². The summed E-state index contributed by atoms with van der Waals surface area (Å²) in [5.41, 5.74) is 1.74. The van der Waals surface area contributed by atoms with E-state index in [0.29, 0.717) is 22.6 Å². The maximum Gasteiger partial charge on any atom is 0.280 e. The third-order valence-electron chi connectivity index (χ3n) is 4.50. The van der Waals surface area contributed by atoms with Gasteiger partial charge in [-0.15, -0.1) is 0 Å². The molecule has 2 amide bonds. The highest BCUT2D eigenvalue weighted by atomic mass is 19.3. The summed E-state index contributed by atoms with van der Waals surface area (Å²) in [4.78, 5) is 28.3. The number of halogens is 2. The predicted octanol–water partition coefficient (Wildman–Crippen LogP) is 4.54. The van der Waals surface area contributed by atoms with Crippen LogP contribution >= 0.6 is 0 Å². The Bertz CT molecular complexity index is 1250. The van der Waals surface area contributed by atoms with Crippen LogP contribution in [0.1, 0.15) is 29.4 Å². The SMILES string of the molecule is CC(=O)Nc1ccc(NC(=O)c2cnn3c(C(F)F)cc(-c4ccccc4)nc23)cc1. The van der Waals surface area contributed by atoms with Gasteiger partial charge in [0.25, 0.3) is 12.3 Å². The van der Waals surface area contributed by atoms with Crippen molar-refractivity contribution in [1.29, 1.82) is 0 Å². The zero-order valence-corrected chi connectivity index (χ0v) is 16.3. The quantitative estimate of drug-likeness (QED) is 0.495. The lowest BCUT2D eigenvalue weighted by molar-refractivity contribution is -0.114. The molecule has 0 aliphatic rings. The lowest BCUT2D eigenvalue weighted by atomic mass is 10.1. The van der Waals surface area contributed by atoms with Crippen LogP contribution in [0.5, 0.6) is 0 Å². The van der Waals surface area contributed by atoms with Crippen LogP contribution in [0.2, 0.25) is 0 Å².